The number of carbonyl (C=O) groups is 2. The van der Waals surface area contributed by atoms with Crippen LogP contribution in [-0.4, -0.2) is 18.2 Å². The van der Waals surface area contributed by atoms with Gasteiger partial charge in [0, 0.05) is 11.0 Å². The zero-order chi connectivity index (χ0) is 13.6. The molecule has 0 spiro atoms. The first kappa shape index (κ1) is 12.9. The molecule has 1 aliphatic heterocycles. The number of Topliss-reactive ketones (excluding diaryl/α,β-unsaturated/α-hetero) is 1. The lowest BCUT2D eigenvalue weighted by atomic mass is 10.1. The lowest BCUT2D eigenvalue weighted by Crippen LogP contribution is -2.34. The van der Waals surface area contributed by atoms with E-state index in [1.54, 1.807) is 11.0 Å². The van der Waals surface area contributed by atoms with Gasteiger partial charge >= 0.3 is 0 Å². The summed E-state index contributed by atoms with van der Waals surface area (Å²) in [5.74, 6) is -0.175. The van der Waals surface area contributed by atoms with Gasteiger partial charge in [0.25, 0.3) is 11.7 Å². The summed E-state index contributed by atoms with van der Waals surface area (Å²) >= 11 is 3.39. The average Bonchev–Trinajstić information content (AvgIpc) is 2.93. The highest BCUT2D eigenvalue weighted by atomic mass is 79.9. The quantitative estimate of drug-likeness (QED) is 0.782. The number of carbonyl (C=O) groups excluding carboxylic acids is 2. The molecular formula is C15H16BrNO2. The summed E-state index contributed by atoms with van der Waals surface area (Å²) in [6.45, 7) is 2.65. The van der Waals surface area contributed by atoms with Crippen LogP contribution in [0.3, 0.4) is 0 Å². The number of amides is 1. The number of ketones is 1. The van der Waals surface area contributed by atoms with Crippen LogP contribution in [0.1, 0.15) is 41.6 Å². The normalized spacial score (nSPS) is 19.4. The molecule has 1 aromatic rings. The Morgan fingerprint density at radius 3 is 2.63 bits per heavy atom. The number of nitrogens with zero attached hydrogens (tertiary/aromatic N) is 1. The van der Waals surface area contributed by atoms with Gasteiger partial charge in [-0.2, -0.15) is 0 Å². The first-order valence-corrected chi connectivity index (χ1v) is 7.53. The Labute approximate surface area is 121 Å². The second-order valence-corrected chi connectivity index (χ2v) is 6.43. The molecule has 0 unspecified atom stereocenters. The second-order valence-electron chi connectivity index (χ2n) is 5.51. The third-order valence-corrected chi connectivity index (χ3v) is 4.59. The van der Waals surface area contributed by atoms with Crippen molar-refractivity contribution in [1.82, 2.24) is 0 Å². The predicted octanol–water partition coefficient (Wildman–Crippen LogP) is 3.48. The van der Waals surface area contributed by atoms with E-state index in [0.717, 1.165) is 15.7 Å². The maximum Gasteiger partial charge on any atom is 0.299 e. The highest BCUT2D eigenvalue weighted by molar-refractivity contribution is 9.10. The first-order chi connectivity index (χ1) is 9.08. The molecule has 0 bridgehead atoms. The van der Waals surface area contributed by atoms with Crippen LogP contribution < -0.4 is 4.90 Å². The molecular weight excluding hydrogens is 306 g/mol. The number of fused-ring (bicyclic) bond motifs is 1. The van der Waals surface area contributed by atoms with E-state index in [-0.39, 0.29) is 11.7 Å². The van der Waals surface area contributed by atoms with Crippen LogP contribution in [0.25, 0.3) is 0 Å². The maximum absolute atomic E-state index is 12.2. The number of rotatable bonds is 2. The van der Waals surface area contributed by atoms with Crippen molar-refractivity contribution in [2.75, 3.05) is 11.4 Å². The molecule has 1 saturated carbocycles. The van der Waals surface area contributed by atoms with Gasteiger partial charge in [-0.25, -0.2) is 0 Å². The standard InChI is InChI=1S/C15H16BrNO2/c1-9-6-11(16)7-12-13(9)17(15(19)14(12)18)8-10-4-2-3-5-10/h6-7,10H,2-5,8H2,1H3. The molecule has 1 heterocycles. The molecule has 1 aromatic carbocycles. The van der Waals surface area contributed by atoms with Crippen molar-refractivity contribution < 1.29 is 9.59 Å². The molecule has 3 nitrogen and oxygen atoms in total. The van der Waals surface area contributed by atoms with Gasteiger partial charge in [-0.1, -0.05) is 28.8 Å². The van der Waals surface area contributed by atoms with Gasteiger partial charge in [-0.3, -0.25) is 9.59 Å². The van der Waals surface area contributed by atoms with Crippen LogP contribution in [0, 0.1) is 12.8 Å². The summed E-state index contributed by atoms with van der Waals surface area (Å²) in [6.07, 6.45) is 4.82. The van der Waals surface area contributed by atoms with Gasteiger partial charge in [-0.15, -0.1) is 0 Å². The maximum atomic E-state index is 12.2. The Kier molecular flexibility index (Phi) is 3.21. The monoisotopic (exact) mass is 321 g/mol. The van der Waals surface area contributed by atoms with Crippen molar-refractivity contribution in [1.29, 1.82) is 0 Å². The Hall–Kier alpha value is -1.16. The molecule has 3 rings (SSSR count). The van der Waals surface area contributed by atoms with Gasteiger partial charge in [0.2, 0.25) is 0 Å². The average molecular weight is 322 g/mol. The van der Waals surface area contributed by atoms with Crippen molar-refractivity contribution >= 4 is 33.3 Å². The number of hydrogen-bond acceptors (Lipinski definition) is 2. The lowest BCUT2D eigenvalue weighted by Gasteiger charge is -2.22. The third kappa shape index (κ3) is 2.12. The van der Waals surface area contributed by atoms with Gasteiger partial charge in [-0.05, 0) is 43.4 Å². The molecule has 1 aliphatic carbocycles. The van der Waals surface area contributed by atoms with Crippen LogP contribution in [-0.2, 0) is 4.79 Å². The summed E-state index contributed by atoms with van der Waals surface area (Å²) in [6, 6.07) is 3.73. The van der Waals surface area contributed by atoms with Crippen molar-refractivity contribution in [3.63, 3.8) is 0 Å². The van der Waals surface area contributed by atoms with Gasteiger partial charge in [0.15, 0.2) is 0 Å². The first-order valence-electron chi connectivity index (χ1n) is 6.74. The van der Waals surface area contributed by atoms with Crippen LogP contribution >= 0.6 is 15.9 Å². The third-order valence-electron chi connectivity index (χ3n) is 4.13. The van der Waals surface area contributed by atoms with E-state index in [0.29, 0.717) is 18.0 Å². The van der Waals surface area contributed by atoms with E-state index in [2.05, 4.69) is 15.9 Å². The van der Waals surface area contributed by atoms with E-state index in [1.165, 1.54) is 25.7 Å². The summed E-state index contributed by atoms with van der Waals surface area (Å²) in [7, 11) is 0. The molecule has 0 saturated heterocycles. The SMILES string of the molecule is Cc1cc(Br)cc2c1N(CC1CCCC1)C(=O)C2=O. The molecule has 1 fully saturated rings. The largest absolute Gasteiger partial charge is 0.304 e. The number of aryl methyl sites for hydroxylation is 1. The number of benzene rings is 1. The molecule has 100 valence electrons. The summed E-state index contributed by atoms with van der Waals surface area (Å²) < 4.78 is 0.854. The van der Waals surface area contributed by atoms with Crippen LogP contribution in [0.15, 0.2) is 16.6 Å². The molecule has 0 N–H and O–H groups in total. The van der Waals surface area contributed by atoms with Crippen molar-refractivity contribution in [3.05, 3.63) is 27.7 Å². The minimum Gasteiger partial charge on any atom is -0.304 e. The molecule has 2 aliphatic rings. The second kappa shape index (κ2) is 4.75. The zero-order valence-corrected chi connectivity index (χ0v) is 12.5. The molecule has 19 heavy (non-hydrogen) atoms. The van der Waals surface area contributed by atoms with E-state index in [4.69, 9.17) is 0 Å². The summed E-state index contributed by atoms with van der Waals surface area (Å²) in [5.41, 5.74) is 2.36. The summed E-state index contributed by atoms with van der Waals surface area (Å²) in [4.78, 5) is 26.0. The van der Waals surface area contributed by atoms with E-state index in [9.17, 15) is 9.59 Å². The highest BCUT2D eigenvalue weighted by Crippen LogP contribution is 2.37. The van der Waals surface area contributed by atoms with Crippen molar-refractivity contribution in [2.24, 2.45) is 5.92 Å². The summed E-state index contributed by atoms with van der Waals surface area (Å²) in [5, 5.41) is 0. The fraction of sp³-hybridized carbons (Fsp3) is 0.467. The highest BCUT2D eigenvalue weighted by Gasteiger charge is 2.38. The van der Waals surface area contributed by atoms with Crippen LogP contribution in [0.4, 0.5) is 5.69 Å². The zero-order valence-electron chi connectivity index (χ0n) is 10.9. The topological polar surface area (TPSA) is 37.4 Å². The number of hydrogen-bond donors (Lipinski definition) is 0. The molecule has 0 atom stereocenters. The van der Waals surface area contributed by atoms with Crippen molar-refractivity contribution in [2.45, 2.75) is 32.6 Å². The van der Waals surface area contributed by atoms with E-state index < -0.39 is 0 Å². The minimum atomic E-state index is -0.364. The minimum absolute atomic E-state index is 0.358. The van der Waals surface area contributed by atoms with Crippen molar-refractivity contribution in [3.8, 4) is 0 Å². The Balaban J connectivity index is 1.99. The molecule has 4 heteroatoms. The smallest absolute Gasteiger partial charge is 0.299 e. The molecule has 1 amide bonds. The van der Waals surface area contributed by atoms with Gasteiger partial charge < -0.3 is 4.90 Å². The van der Waals surface area contributed by atoms with E-state index in [1.807, 2.05) is 13.0 Å². The van der Waals surface area contributed by atoms with E-state index >= 15 is 0 Å². The lowest BCUT2D eigenvalue weighted by molar-refractivity contribution is -0.114. The van der Waals surface area contributed by atoms with Gasteiger partial charge in [0.05, 0.1) is 11.3 Å². The number of anilines is 1. The van der Waals surface area contributed by atoms with Crippen LogP contribution in [0.5, 0.6) is 0 Å². The molecule has 0 radical (unpaired) electrons. The number of halogens is 1. The Bertz CT molecular complexity index is 562. The Morgan fingerprint density at radius 1 is 1.26 bits per heavy atom. The Morgan fingerprint density at radius 2 is 1.95 bits per heavy atom. The fourth-order valence-electron chi connectivity index (χ4n) is 3.23. The van der Waals surface area contributed by atoms with Gasteiger partial charge in [0.1, 0.15) is 0 Å². The van der Waals surface area contributed by atoms with Crippen LogP contribution in [0.2, 0.25) is 0 Å². The molecule has 0 aromatic heterocycles. The predicted molar refractivity (Wildman–Crippen MR) is 77.5 cm³/mol. The fourth-order valence-corrected chi connectivity index (χ4v) is 3.80.